The number of aromatic amines is 1. The minimum absolute atomic E-state index is 0.0926. The standard InChI is InChI=1S/C24H24N4OS/c1-16(25-18-12-6-3-7-13-18)21-22(17-10-4-2-5-11-17)27-28(23(21)29)24-26-19-14-8-9-15-20(19)30-24/h2,4-5,8-11,14-15,18,27H,3,6-7,12-13H2,1H3. The van der Waals surface area contributed by atoms with Crippen LogP contribution >= 0.6 is 11.3 Å². The Morgan fingerprint density at radius 2 is 1.80 bits per heavy atom. The highest BCUT2D eigenvalue weighted by molar-refractivity contribution is 7.20. The number of para-hydroxylation sites is 1. The molecule has 152 valence electrons. The number of hydrogen-bond acceptors (Lipinski definition) is 4. The molecule has 30 heavy (non-hydrogen) atoms. The molecule has 0 radical (unpaired) electrons. The first-order valence-corrected chi connectivity index (χ1v) is 11.3. The van der Waals surface area contributed by atoms with E-state index >= 15 is 0 Å². The third kappa shape index (κ3) is 3.52. The van der Waals surface area contributed by atoms with Crippen molar-refractivity contribution in [3.63, 3.8) is 0 Å². The molecule has 2 heterocycles. The molecule has 1 N–H and O–H groups in total. The number of hydrogen-bond donors (Lipinski definition) is 1. The molecule has 4 aromatic rings. The minimum Gasteiger partial charge on any atom is -0.288 e. The van der Waals surface area contributed by atoms with Gasteiger partial charge in [-0.3, -0.25) is 14.9 Å². The Hall–Kier alpha value is -2.99. The zero-order chi connectivity index (χ0) is 20.5. The zero-order valence-corrected chi connectivity index (χ0v) is 17.8. The molecule has 0 aliphatic heterocycles. The Bertz CT molecular complexity index is 1230. The van der Waals surface area contributed by atoms with Crippen LogP contribution in [-0.2, 0) is 0 Å². The minimum atomic E-state index is -0.0926. The lowest BCUT2D eigenvalue weighted by Crippen LogP contribution is -2.21. The van der Waals surface area contributed by atoms with Crippen molar-refractivity contribution in [2.75, 3.05) is 0 Å². The highest BCUT2D eigenvalue weighted by atomic mass is 32.1. The summed E-state index contributed by atoms with van der Waals surface area (Å²) < 4.78 is 2.63. The Morgan fingerprint density at radius 3 is 2.57 bits per heavy atom. The van der Waals surface area contributed by atoms with Gasteiger partial charge in [0, 0.05) is 11.3 Å². The molecule has 1 fully saturated rings. The Balaban J connectivity index is 1.66. The first-order chi connectivity index (χ1) is 14.7. The van der Waals surface area contributed by atoms with Crippen LogP contribution in [0.2, 0.25) is 0 Å². The Labute approximate surface area is 179 Å². The summed E-state index contributed by atoms with van der Waals surface area (Å²) in [6.45, 7) is 1.97. The molecule has 0 amide bonds. The van der Waals surface area contributed by atoms with Gasteiger partial charge in [-0.2, -0.15) is 4.68 Å². The van der Waals surface area contributed by atoms with Crippen LogP contribution < -0.4 is 5.56 Å². The first kappa shape index (κ1) is 19.0. The van der Waals surface area contributed by atoms with Crippen molar-refractivity contribution < 1.29 is 0 Å². The highest BCUT2D eigenvalue weighted by Gasteiger charge is 2.22. The van der Waals surface area contributed by atoms with Crippen LogP contribution in [0, 0.1) is 0 Å². The van der Waals surface area contributed by atoms with Gasteiger partial charge in [0.25, 0.3) is 5.56 Å². The zero-order valence-electron chi connectivity index (χ0n) is 17.0. The quantitative estimate of drug-likeness (QED) is 0.441. The van der Waals surface area contributed by atoms with E-state index in [1.54, 1.807) is 4.68 Å². The number of fused-ring (bicyclic) bond motifs is 1. The van der Waals surface area contributed by atoms with E-state index in [1.165, 1.54) is 30.6 Å². The Kier molecular flexibility index (Phi) is 5.09. The molecule has 6 heteroatoms. The normalized spacial score (nSPS) is 15.7. The van der Waals surface area contributed by atoms with Crippen LogP contribution in [0.5, 0.6) is 0 Å². The van der Waals surface area contributed by atoms with Crippen molar-refractivity contribution >= 4 is 27.3 Å². The fourth-order valence-corrected chi connectivity index (χ4v) is 5.15. The van der Waals surface area contributed by atoms with Crippen molar-refractivity contribution in [3.05, 3.63) is 70.5 Å². The second kappa shape index (κ2) is 8.03. The topological polar surface area (TPSA) is 63.0 Å². The monoisotopic (exact) mass is 416 g/mol. The molecule has 5 nitrogen and oxygen atoms in total. The lowest BCUT2D eigenvalue weighted by Gasteiger charge is -2.18. The molecule has 2 aromatic heterocycles. The van der Waals surface area contributed by atoms with Gasteiger partial charge in [-0.15, -0.1) is 0 Å². The van der Waals surface area contributed by atoms with Crippen molar-refractivity contribution in [2.24, 2.45) is 4.99 Å². The Morgan fingerprint density at radius 1 is 1.07 bits per heavy atom. The molecular formula is C24H24N4OS. The van der Waals surface area contributed by atoms with E-state index in [-0.39, 0.29) is 5.56 Å². The van der Waals surface area contributed by atoms with Gasteiger partial charge in [0.05, 0.1) is 27.5 Å². The number of thiazole rings is 1. The van der Waals surface area contributed by atoms with Gasteiger partial charge in [0.15, 0.2) is 0 Å². The van der Waals surface area contributed by atoms with E-state index in [0.717, 1.165) is 40.0 Å². The van der Waals surface area contributed by atoms with Crippen LogP contribution in [0.25, 0.3) is 26.6 Å². The summed E-state index contributed by atoms with van der Waals surface area (Å²) in [5.41, 5.74) is 4.03. The average molecular weight is 417 g/mol. The van der Waals surface area contributed by atoms with E-state index in [9.17, 15) is 4.79 Å². The summed E-state index contributed by atoms with van der Waals surface area (Å²) in [6.07, 6.45) is 5.93. The molecule has 1 aliphatic rings. The smallest absolute Gasteiger partial charge is 0.283 e. The highest BCUT2D eigenvalue weighted by Crippen LogP contribution is 2.27. The van der Waals surface area contributed by atoms with Gasteiger partial charge >= 0.3 is 0 Å². The van der Waals surface area contributed by atoms with Gasteiger partial charge < -0.3 is 0 Å². The summed E-state index contributed by atoms with van der Waals surface area (Å²) in [5, 5.41) is 3.98. The molecule has 0 spiro atoms. The van der Waals surface area contributed by atoms with Gasteiger partial charge in [0.1, 0.15) is 0 Å². The number of aliphatic imine (C=N–C) groups is 1. The van der Waals surface area contributed by atoms with Crippen molar-refractivity contribution in [1.29, 1.82) is 0 Å². The molecule has 0 saturated heterocycles. The largest absolute Gasteiger partial charge is 0.288 e. The molecular weight excluding hydrogens is 392 g/mol. The summed E-state index contributed by atoms with van der Waals surface area (Å²) >= 11 is 1.51. The molecule has 1 aliphatic carbocycles. The van der Waals surface area contributed by atoms with E-state index in [1.807, 2.05) is 61.5 Å². The van der Waals surface area contributed by atoms with Gasteiger partial charge in [-0.25, -0.2) is 4.98 Å². The van der Waals surface area contributed by atoms with Crippen LogP contribution in [0.15, 0.2) is 64.4 Å². The fraction of sp³-hybridized carbons (Fsp3) is 0.292. The molecule has 0 bridgehead atoms. The molecule has 2 aromatic carbocycles. The number of aromatic nitrogens is 3. The van der Waals surface area contributed by atoms with Crippen LogP contribution in [0.4, 0.5) is 0 Å². The number of H-pyrrole nitrogens is 1. The van der Waals surface area contributed by atoms with Crippen LogP contribution in [0.1, 0.15) is 44.6 Å². The van der Waals surface area contributed by atoms with E-state index < -0.39 is 0 Å². The summed E-state index contributed by atoms with van der Waals surface area (Å²) in [4.78, 5) is 23.2. The lowest BCUT2D eigenvalue weighted by atomic mass is 9.95. The third-order valence-electron chi connectivity index (χ3n) is 5.74. The summed E-state index contributed by atoms with van der Waals surface area (Å²) in [7, 11) is 0. The van der Waals surface area contributed by atoms with Crippen LogP contribution in [-0.4, -0.2) is 26.5 Å². The lowest BCUT2D eigenvalue weighted by molar-refractivity contribution is 0.443. The van der Waals surface area contributed by atoms with E-state index in [0.29, 0.717) is 16.7 Å². The van der Waals surface area contributed by atoms with Gasteiger partial charge in [-0.05, 0) is 31.9 Å². The SMILES string of the molecule is CC(=NC1CCCCC1)c1c(-c2ccccc2)[nH]n(-c2nc3ccccc3s2)c1=O. The second-order valence-electron chi connectivity index (χ2n) is 7.84. The summed E-state index contributed by atoms with van der Waals surface area (Å²) in [6, 6.07) is 18.3. The maximum absolute atomic E-state index is 13.5. The third-order valence-corrected chi connectivity index (χ3v) is 6.76. The number of nitrogens with zero attached hydrogens (tertiary/aromatic N) is 3. The first-order valence-electron chi connectivity index (χ1n) is 10.5. The number of rotatable bonds is 4. The molecule has 1 saturated carbocycles. The number of benzene rings is 2. The van der Waals surface area contributed by atoms with E-state index in [4.69, 9.17) is 4.99 Å². The van der Waals surface area contributed by atoms with Gasteiger partial charge in [-0.1, -0.05) is 73.1 Å². The van der Waals surface area contributed by atoms with Crippen molar-refractivity contribution in [3.8, 4) is 16.4 Å². The van der Waals surface area contributed by atoms with Gasteiger partial charge in [0.2, 0.25) is 5.13 Å². The van der Waals surface area contributed by atoms with E-state index in [2.05, 4.69) is 10.1 Å². The molecule has 0 atom stereocenters. The second-order valence-corrected chi connectivity index (χ2v) is 8.85. The number of nitrogens with one attached hydrogen (secondary N) is 1. The van der Waals surface area contributed by atoms with Crippen molar-refractivity contribution in [1.82, 2.24) is 14.8 Å². The molecule has 0 unspecified atom stereocenters. The average Bonchev–Trinajstić information content (AvgIpc) is 3.36. The molecule has 5 rings (SSSR count). The van der Waals surface area contributed by atoms with Crippen molar-refractivity contribution in [2.45, 2.75) is 45.1 Å². The fourth-order valence-electron chi connectivity index (χ4n) is 4.23. The maximum Gasteiger partial charge on any atom is 0.283 e. The maximum atomic E-state index is 13.5. The van der Waals surface area contributed by atoms with Crippen LogP contribution in [0.3, 0.4) is 0 Å². The predicted molar refractivity (Wildman–Crippen MR) is 124 cm³/mol. The predicted octanol–water partition coefficient (Wildman–Crippen LogP) is 5.58. The summed E-state index contributed by atoms with van der Waals surface area (Å²) in [5.74, 6) is 0.